The van der Waals surface area contributed by atoms with Crippen molar-refractivity contribution in [3.8, 4) is 5.75 Å². The molecule has 0 saturated heterocycles. The number of nitrogens with one attached hydrogen (secondary N) is 1. The summed E-state index contributed by atoms with van der Waals surface area (Å²) in [4.78, 5) is 10.5. The third-order valence-electron chi connectivity index (χ3n) is 2.18. The molecule has 0 aliphatic heterocycles. The molecule has 8 heteroatoms. The minimum Gasteiger partial charge on any atom is -0.494 e. The first-order chi connectivity index (χ1) is 8.85. The molecule has 7 nitrogen and oxygen atoms in total. The number of hydrogen-bond donors (Lipinski definition) is 2. The van der Waals surface area contributed by atoms with Gasteiger partial charge in [0.05, 0.1) is 12.3 Å². The lowest BCUT2D eigenvalue weighted by Gasteiger charge is -2.16. The minimum atomic E-state index is -3.87. The van der Waals surface area contributed by atoms with Crippen molar-refractivity contribution in [3.63, 3.8) is 0 Å². The van der Waals surface area contributed by atoms with E-state index in [0.29, 0.717) is 22.3 Å². The van der Waals surface area contributed by atoms with Crippen LogP contribution >= 0.6 is 0 Å². The maximum absolute atomic E-state index is 11.8. The van der Waals surface area contributed by atoms with Gasteiger partial charge in [0.25, 0.3) is 0 Å². The number of carboxylic acids is 1. The number of benzene rings is 1. The molecular weight excluding hydrogens is 272 g/mol. The molecule has 0 fully saturated rings. The zero-order chi connectivity index (χ0) is 14.5. The van der Waals surface area contributed by atoms with E-state index in [1.807, 2.05) is 6.92 Å². The van der Waals surface area contributed by atoms with Gasteiger partial charge in [-0.2, -0.15) is 12.7 Å². The van der Waals surface area contributed by atoms with E-state index in [2.05, 4.69) is 4.72 Å². The van der Waals surface area contributed by atoms with E-state index < -0.39 is 22.7 Å². The first kappa shape index (κ1) is 15.3. The Morgan fingerprint density at radius 2 is 1.95 bits per heavy atom. The quantitative estimate of drug-likeness (QED) is 0.772. The number of likely N-dealkylation sites (N-methyl/N-ethyl adjacent to an activating group) is 1. The van der Waals surface area contributed by atoms with Crippen LogP contribution in [0.3, 0.4) is 0 Å². The number of rotatable bonds is 7. The maximum Gasteiger partial charge on any atom is 0.318 e. The molecule has 1 aromatic rings. The summed E-state index contributed by atoms with van der Waals surface area (Å²) in [6.45, 7) is 1.76. The van der Waals surface area contributed by atoms with Crippen LogP contribution in [0.15, 0.2) is 24.3 Å². The third-order valence-corrected chi connectivity index (χ3v) is 3.62. The highest BCUT2D eigenvalue weighted by Crippen LogP contribution is 2.17. The van der Waals surface area contributed by atoms with Crippen molar-refractivity contribution >= 4 is 21.9 Å². The number of anilines is 1. The summed E-state index contributed by atoms with van der Waals surface area (Å²) in [5.41, 5.74) is 0.334. The second-order valence-electron chi connectivity index (χ2n) is 3.71. The van der Waals surface area contributed by atoms with E-state index in [9.17, 15) is 13.2 Å². The van der Waals surface area contributed by atoms with Crippen molar-refractivity contribution < 1.29 is 23.1 Å². The molecule has 0 atom stereocenters. The summed E-state index contributed by atoms with van der Waals surface area (Å²) in [5.74, 6) is -0.594. The Morgan fingerprint density at radius 3 is 2.42 bits per heavy atom. The van der Waals surface area contributed by atoms with Gasteiger partial charge >= 0.3 is 16.2 Å². The lowest BCUT2D eigenvalue weighted by atomic mass is 10.3. The molecule has 2 N–H and O–H groups in total. The Kier molecular flexibility index (Phi) is 5.13. The van der Waals surface area contributed by atoms with Crippen molar-refractivity contribution in [2.75, 3.05) is 24.9 Å². The average Bonchev–Trinajstić information content (AvgIpc) is 2.31. The summed E-state index contributed by atoms with van der Waals surface area (Å²) in [6.07, 6.45) is 0. The molecular formula is C11H16N2O5S. The van der Waals surface area contributed by atoms with Gasteiger partial charge in [-0.1, -0.05) is 0 Å². The molecule has 0 aliphatic carbocycles. The summed E-state index contributed by atoms with van der Waals surface area (Å²) in [5, 5.41) is 8.56. The van der Waals surface area contributed by atoms with Gasteiger partial charge in [0.2, 0.25) is 0 Å². The molecule has 0 aromatic heterocycles. The summed E-state index contributed by atoms with van der Waals surface area (Å²) in [7, 11) is -2.69. The second-order valence-corrected chi connectivity index (χ2v) is 5.49. The van der Waals surface area contributed by atoms with Gasteiger partial charge in [-0.05, 0) is 31.2 Å². The first-order valence-electron chi connectivity index (χ1n) is 5.54. The van der Waals surface area contributed by atoms with Gasteiger partial charge in [0.15, 0.2) is 0 Å². The fraction of sp³-hybridized carbons (Fsp3) is 0.364. The molecule has 106 valence electrons. The second kappa shape index (κ2) is 6.39. The molecule has 1 aromatic carbocycles. The average molecular weight is 288 g/mol. The summed E-state index contributed by atoms with van der Waals surface area (Å²) < 4.78 is 31.7. The number of ether oxygens (including phenoxy) is 1. The Morgan fingerprint density at radius 1 is 1.37 bits per heavy atom. The zero-order valence-corrected chi connectivity index (χ0v) is 11.5. The van der Waals surface area contributed by atoms with Crippen LogP contribution in [0.2, 0.25) is 0 Å². The largest absolute Gasteiger partial charge is 0.494 e. The van der Waals surface area contributed by atoms with Crippen molar-refractivity contribution in [1.82, 2.24) is 4.31 Å². The molecule has 19 heavy (non-hydrogen) atoms. The van der Waals surface area contributed by atoms with Gasteiger partial charge in [-0.25, -0.2) is 0 Å². The van der Waals surface area contributed by atoms with Gasteiger partial charge in [-0.15, -0.1) is 0 Å². The molecule has 0 bridgehead atoms. The van der Waals surface area contributed by atoms with Crippen molar-refractivity contribution in [3.05, 3.63) is 24.3 Å². The van der Waals surface area contributed by atoms with Gasteiger partial charge in [-0.3, -0.25) is 9.52 Å². The van der Waals surface area contributed by atoms with E-state index in [0.717, 1.165) is 0 Å². The highest BCUT2D eigenvalue weighted by molar-refractivity contribution is 7.90. The molecule has 0 aliphatic rings. The van der Waals surface area contributed by atoms with Crippen LogP contribution in [0, 0.1) is 0 Å². The van der Waals surface area contributed by atoms with Crippen molar-refractivity contribution in [1.29, 1.82) is 0 Å². The molecule has 0 heterocycles. The van der Waals surface area contributed by atoms with Crippen LogP contribution < -0.4 is 9.46 Å². The Labute approximate surface area is 112 Å². The van der Waals surface area contributed by atoms with Crippen molar-refractivity contribution in [2.24, 2.45) is 0 Å². The fourth-order valence-electron chi connectivity index (χ4n) is 1.29. The molecule has 1 rings (SSSR count). The molecule has 0 spiro atoms. The Balaban J connectivity index is 2.75. The third kappa shape index (κ3) is 4.76. The van der Waals surface area contributed by atoms with Gasteiger partial charge < -0.3 is 9.84 Å². The van der Waals surface area contributed by atoms with Gasteiger partial charge in [0, 0.05) is 7.05 Å². The Bertz CT molecular complexity index is 527. The topological polar surface area (TPSA) is 95.9 Å². The minimum absolute atomic E-state index is 0.334. The number of carbonyl (C=O) groups is 1. The van der Waals surface area contributed by atoms with Crippen LogP contribution in [0.1, 0.15) is 6.92 Å². The number of carboxylic acid groups (broad SMARTS) is 1. The molecule has 0 unspecified atom stereocenters. The normalized spacial score (nSPS) is 11.3. The summed E-state index contributed by atoms with van der Waals surface area (Å²) >= 11 is 0. The number of aliphatic carboxylic acids is 1. The molecule has 0 amide bonds. The maximum atomic E-state index is 11.8. The smallest absolute Gasteiger partial charge is 0.318 e. The van der Waals surface area contributed by atoms with E-state index in [1.54, 1.807) is 12.1 Å². The van der Waals surface area contributed by atoms with Crippen LogP contribution in [0.4, 0.5) is 5.69 Å². The predicted molar refractivity (Wildman–Crippen MR) is 70.4 cm³/mol. The van der Waals surface area contributed by atoms with Crippen LogP contribution in [0.5, 0.6) is 5.75 Å². The van der Waals surface area contributed by atoms with Crippen LogP contribution in [-0.4, -0.2) is 44.0 Å². The molecule has 0 radical (unpaired) electrons. The zero-order valence-electron chi connectivity index (χ0n) is 10.7. The van der Waals surface area contributed by atoms with E-state index >= 15 is 0 Å². The monoisotopic (exact) mass is 288 g/mol. The standard InChI is InChI=1S/C11H16N2O5S/c1-3-18-10-6-4-9(5-7-10)12-19(16,17)13(2)8-11(14)15/h4-7,12H,3,8H2,1-2H3,(H,14,15). The van der Waals surface area contributed by atoms with E-state index in [-0.39, 0.29) is 0 Å². The van der Waals surface area contributed by atoms with Crippen molar-refractivity contribution in [2.45, 2.75) is 6.92 Å². The lowest BCUT2D eigenvalue weighted by Crippen LogP contribution is -2.36. The fourth-order valence-corrected chi connectivity index (χ4v) is 2.16. The van der Waals surface area contributed by atoms with Crippen LogP contribution in [-0.2, 0) is 15.0 Å². The van der Waals surface area contributed by atoms with E-state index in [4.69, 9.17) is 9.84 Å². The Hall–Kier alpha value is -1.80. The lowest BCUT2D eigenvalue weighted by molar-refractivity contribution is -0.137. The summed E-state index contributed by atoms with van der Waals surface area (Å²) in [6, 6.07) is 6.32. The predicted octanol–water partition coefficient (Wildman–Crippen LogP) is 0.758. The molecule has 0 saturated carbocycles. The number of hydrogen-bond acceptors (Lipinski definition) is 4. The SMILES string of the molecule is CCOc1ccc(NS(=O)(=O)N(C)CC(=O)O)cc1. The first-order valence-corrected chi connectivity index (χ1v) is 6.98. The van der Waals surface area contributed by atoms with Crippen LogP contribution in [0.25, 0.3) is 0 Å². The van der Waals surface area contributed by atoms with E-state index in [1.165, 1.54) is 19.2 Å². The van der Waals surface area contributed by atoms with Gasteiger partial charge in [0.1, 0.15) is 12.3 Å². The highest BCUT2D eigenvalue weighted by atomic mass is 32.2. The highest BCUT2D eigenvalue weighted by Gasteiger charge is 2.19. The number of nitrogens with zero attached hydrogens (tertiary/aromatic N) is 1.